The van der Waals surface area contributed by atoms with E-state index in [4.69, 9.17) is 4.74 Å². The van der Waals surface area contributed by atoms with Gasteiger partial charge in [-0.1, -0.05) is 13.8 Å². The lowest BCUT2D eigenvalue weighted by molar-refractivity contribution is -0.384. The molecule has 1 aromatic heterocycles. The molecule has 0 amide bonds. The molecular formula is C11H17N3O3. The van der Waals surface area contributed by atoms with E-state index in [1.807, 2.05) is 0 Å². The molecule has 1 rings (SSSR count). The Morgan fingerprint density at radius 2 is 2.24 bits per heavy atom. The van der Waals surface area contributed by atoms with E-state index in [2.05, 4.69) is 24.1 Å². The van der Waals surface area contributed by atoms with E-state index in [-0.39, 0.29) is 11.5 Å². The molecule has 94 valence electrons. The summed E-state index contributed by atoms with van der Waals surface area (Å²) in [6.07, 6.45) is 0.927. The first kappa shape index (κ1) is 13.2. The zero-order valence-corrected chi connectivity index (χ0v) is 10.3. The maximum absolute atomic E-state index is 10.8. The first-order valence-corrected chi connectivity index (χ1v) is 5.48. The van der Waals surface area contributed by atoms with E-state index in [0.717, 1.165) is 6.42 Å². The Kier molecular flexibility index (Phi) is 4.68. The lowest BCUT2D eigenvalue weighted by Gasteiger charge is -2.08. The Bertz CT molecular complexity index is 394. The van der Waals surface area contributed by atoms with Crippen molar-refractivity contribution in [1.82, 2.24) is 4.98 Å². The van der Waals surface area contributed by atoms with Gasteiger partial charge in [-0.3, -0.25) is 10.1 Å². The Balaban J connectivity index is 2.82. The van der Waals surface area contributed by atoms with Crippen molar-refractivity contribution in [3.05, 3.63) is 22.2 Å². The van der Waals surface area contributed by atoms with Gasteiger partial charge in [-0.15, -0.1) is 0 Å². The van der Waals surface area contributed by atoms with Crippen LogP contribution in [0.3, 0.4) is 0 Å². The number of rotatable bonds is 6. The Labute approximate surface area is 100 Å². The van der Waals surface area contributed by atoms with Gasteiger partial charge in [-0.05, 0) is 12.3 Å². The summed E-state index contributed by atoms with van der Waals surface area (Å²) in [6.45, 7) is 4.84. The first-order valence-electron chi connectivity index (χ1n) is 5.48. The number of nitro groups is 1. The summed E-state index contributed by atoms with van der Waals surface area (Å²) in [6, 6.07) is 2.87. The second-order valence-electron chi connectivity index (χ2n) is 4.09. The van der Waals surface area contributed by atoms with Crippen LogP contribution in [0.15, 0.2) is 12.1 Å². The van der Waals surface area contributed by atoms with E-state index >= 15 is 0 Å². The third-order valence-electron chi connectivity index (χ3n) is 2.27. The van der Waals surface area contributed by atoms with E-state index in [0.29, 0.717) is 18.3 Å². The van der Waals surface area contributed by atoms with Crippen molar-refractivity contribution < 1.29 is 9.66 Å². The molecule has 0 atom stereocenters. The predicted octanol–water partition coefficient (Wildman–Crippen LogP) is 2.46. The van der Waals surface area contributed by atoms with E-state index in [1.165, 1.54) is 19.2 Å². The smallest absolute Gasteiger partial charge is 0.311 e. The summed E-state index contributed by atoms with van der Waals surface area (Å²) >= 11 is 0. The molecule has 0 aliphatic heterocycles. The quantitative estimate of drug-likeness (QED) is 0.609. The minimum atomic E-state index is -0.454. The number of pyridine rings is 1. The maximum Gasteiger partial charge on any atom is 0.311 e. The van der Waals surface area contributed by atoms with Crippen LogP contribution in [-0.2, 0) is 0 Å². The van der Waals surface area contributed by atoms with Crippen LogP contribution >= 0.6 is 0 Å². The fraction of sp³-hybridized carbons (Fsp3) is 0.545. The van der Waals surface area contributed by atoms with Gasteiger partial charge in [-0.2, -0.15) is 4.98 Å². The lowest BCUT2D eigenvalue weighted by atomic mass is 10.1. The highest BCUT2D eigenvalue weighted by Crippen LogP contribution is 2.24. The summed E-state index contributed by atoms with van der Waals surface area (Å²) in [5, 5.41) is 13.8. The Hall–Kier alpha value is -1.85. The third kappa shape index (κ3) is 3.90. The van der Waals surface area contributed by atoms with Crippen molar-refractivity contribution in [2.24, 2.45) is 5.92 Å². The van der Waals surface area contributed by atoms with Crippen molar-refractivity contribution >= 4 is 11.5 Å². The van der Waals surface area contributed by atoms with Crippen molar-refractivity contribution in [2.45, 2.75) is 20.3 Å². The largest absolute Gasteiger partial charge is 0.481 e. The summed E-state index contributed by atoms with van der Waals surface area (Å²) in [7, 11) is 1.48. The van der Waals surface area contributed by atoms with E-state index < -0.39 is 4.92 Å². The molecule has 0 spiro atoms. The van der Waals surface area contributed by atoms with Crippen LogP contribution in [0.4, 0.5) is 11.5 Å². The molecule has 0 unspecified atom stereocenters. The molecule has 0 fully saturated rings. The van der Waals surface area contributed by atoms with Gasteiger partial charge in [-0.25, -0.2) is 0 Å². The summed E-state index contributed by atoms with van der Waals surface area (Å²) < 4.78 is 4.94. The fourth-order valence-corrected chi connectivity index (χ4v) is 1.30. The molecule has 1 heterocycles. The highest BCUT2D eigenvalue weighted by molar-refractivity contribution is 5.56. The molecular weight excluding hydrogens is 222 g/mol. The minimum Gasteiger partial charge on any atom is -0.481 e. The number of aromatic nitrogens is 1. The molecule has 0 saturated carbocycles. The number of nitrogens with zero attached hydrogens (tertiary/aromatic N) is 2. The van der Waals surface area contributed by atoms with Gasteiger partial charge in [0.05, 0.1) is 12.0 Å². The second-order valence-corrected chi connectivity index (χ2v) is 4.09. The molecule has 6 heteroatoms. The molecule has 0 aromatic carbocycles. The van der Waals surface area contributed by atoms with Gasteiger partial charge >= 0.3 is 5.69 Å². The third-order valence-corrected chi connectivity index (χ3v) is 2.27. The van der Waals surface area contributed by atoms with Gasteiger partial charge in [0.25, 0.3) is 0 Å². The average molecular weight is 239 g/mol. The van der Waals surface area contributed by atoms with Crippen molar-refractivity contribution in [1.29, 1.82) is 0 Å². The summed E-state index contributed by atoms with van der Waals surface area (Å²) in [5.41, 5.74) is -0.0328. The standard InChI is InChI=1S/C11H17N3O3/c1-8(2)6-7-12-11-9(14(15)16)4-5-10(13-11)17-3/h4-5,8H,6-7H2,1-3H3,(H,12,13). The monoisotopic (exact) mass is 239 g/mol. The number of methoxy groups -OCH3 is 1. The van der Waals surface area contributed by atoms with Crippen LogP contribution in [0.2, 0.25) is 0 Å². The Morgan fingerprint density at radius 3 is 2.76 bits per heavy atom. The van der Waals surface area contributed by atoms with Crippen LogP contribution in [0.1, 0.15) is 20.3 Å². The van der Waals surface area contributed by atoms with E-state index in [9.17, 15) is 10.1 Å². The highest BCUT2D eigenvalue weighted by Gasteiger charge is 2.15. The number of ether oxygens (including phenoxy) is 1. The van der Waals surface area contributed by atoms with Crippen molar-refractivity contribution in [3.8, 4) is 5.88 Å². The van der Waals surface area contributed by atoms with Gasteiger partial charge in [0.2, 0.25) is 11.7 Å². The second kappa shape index (κ2) is 6.03. The molecule has 0 aliphatic rings. The van der Waals surface area contributed by atoms with Crippen LogP contribution in [0.25, 0.3) is 0 Å². The van der Waals surface area contributed by atoms with Gasteiger partial charge in [0.15, 0.2) is 0 Å². The summed E-state index contributed by atoms with van der Waals surface area (Å²) in [4.78, 5) is 14.4. The fourth-order valence-electron chi connectivity index (χ4n) is 1.30. The normalized spacial score (nSPS) is 10.4. The Morgan fingerprint density at radius 1 is 1.53 bits per heavy atom. The SMILES string of the molecule is COc1ccc([N+](=O)[O-])c(NCCC(C)C)n1. The minimum absolute atomic E-state index is 0.0328. The van der Waals surface area contributed by atoms with E-state index in [1.54, 1.807) is 0 Å². The molecule has 1 aromatic rings. The number of hydrogen-bond acceptors (Lipinski definition) is 5. The van der Waals surface area contributed by atoms with Gasteiger partial charge < -0.3 is 10.1 Å². The maximum atomic E-state index is 10.8. The van der Waals surface area contributed by atoms with Crippen LogP contribution < -0.4 is 10.1 Å². The first-order chi connectivity index (χ1) is 8.04. The number of nitrogens with one attached hydrogen (secondary N) is 1. The topological polar surface area (TPSA) is 77.3 Å². The zero-order chi connectivity index (χ0) is 12.8. The molecule has 1 N–H and O–H groups in total. The molecule has 0 aliphatic carbocycles. The molecule has 6 nitrogen and oxygen atoms in total. The summed E-state index contributed by atoms with van der Waals surface area (Å²) in [5.74, 6) is 1.16. The molecule has 0 bridgehead atoms. The molecule has 0 saturated heterocycles. The number of hydrogen-bond donors (Lipinski definition) is 1. The lowest BCUT2D eigenvalue weighted by Crippen LogP contribution is -2.08. The average Bonchev–Trinajstić information content (AvgIpc) is 2.28. The van der Waals surface area contributed by atoms with Crippen molar-refractivity contribution in [3.63, 3.8) is 0 Å². The van der Waals surface area contributed by atoms with Crippen LogP contribution in [-0.4, -0.2) is 23.6 Å². The van der Waals surface area contributed by atoms with Gasteiger partial charge in [0.1, 0.15) is 0 Å². The molecule has 17 heavy (non-hydrogen) atoms. The highest BCUT2D eigenvalue weighted by atomic mass is 16.6. The predicted molar refractivity (Wildman–Crippen MR) is 65.4 cm³/mol. The number of anilines is 1. The van der Waals surface area contributed by atoms with Crippen LogP contribution in [0, 0.1) is 16.0 Å². The zero-order valence-electron chi connectivity index (χ0n) is 10.3. The van der Waals surface area contributed by atoms with Crippen LogP contribution in [0.5, 0.6) is 5.88 Å². The molecule has 0 radical (unpaired) electrons. The van der Waals surface area contributed by atoms with Crippen molar-refractivity contribution in [2.75, 3.05) is 19.0 Å². The van der Waals surface area contributed by atoms with Gasteiger partial charge in [0, 0.05) is 18.7 Å².